The van der Waals surface area contributed by atoms with E-state index in [-0.39, 0.29) is 11.4 Å². The average Bonchev–Trinajstić information content (AvgIpc) is 2.58. The van der Waals surface area contributed by atoms with Crippen molar-refractivity contribution in [2.45, 2.75) is 6.92 Å². The first-order valence-electron chi connectivity index (χ1n) is 7.20. The van der Waals surface area contributed by atoms with E-state index in [2.05, 4.69) is 4.98 Å². The number of carbonyl (C=O) groups excluding carboxylic acids is 1. The minimum Gasteiger partial charge on any atom is -0.438 e. The highest BCUT2D eigenvalue weighted by molar-refractivity contribution is 5.93. The molecule has 2 aromatic carbocycles. The summed E-state index contributed by atoms with van der Waals surface area (Å²) in [7, 11) is 0. The lowest BCUT2D eigenvalue weighted by atomic mass is 10.2. The van der Waals surface area contributed by atoms with Gasteiger partial charge in [0.25, 0.3) is 0 Å². The number of pyridine rings is 1. The van der Waals surface area contributed by atoms with Crippen LogP contribution in [0.4, 0.5) is 0 Å². The summed E-state index contributed by atoms with van der Waals surface area (Å²) in [5, 5.41) is 0. The van der Waals surface area contributed by atoms with E-state index in [9.17, 15) is 4.79 Å². The van der Waals surface area contributed by atoms with Gasteiger partial charge in [0.05, 0.1) is 0 Å². The van der Waals surface area contributed by atoms with E-state index in [1.165, 1.54) is 0 Å². The largest absolute Gasteiger partial charge is 0.438 e. The smallest absolute Gasteiger partial charge is 0.349 e. The molecule has 114 valence electrons. The van der Waals surface area contributed by atoms with E-state index in [1.54, 1.807) is 36.5 Å². The standard InChI is InChI=1S/C19H15NO3/c1-14-8-5-6-12-17(14)23-19(21)16-11-7-13-20-18(16)22-15-9-3-2-4-10-15/h2-13H,1H3. The van der Waals surface area contributed by atoms with Crippen LogP contribution in [0.5, 0.6) is 17.4 Å². The fourth-order valence-corrected chi connectivity index (χ4v) is 2.05. The van der Waals surface area contributed by atoms with Crippen LogP contribution < -0.4 is 9.47 Å². The van der Waals surface area contributed by atoms with Crippen molar-refractivity contribution in [1.29, 1.82) is 0 Å². The molecule has 1 heterocycles. The quantitative estimate of drug-likeness (QED) is 0.529. The third-order valence-corrected chi connectivity index (χ3v) is 3.25. The third-order valence-electron chi connectivity index (χ3n) is 3.25. The molecule has 1 aromatic heterocycles. The molecule has 0 atom stereocenters. The van der Waals surface area contributed by atoms with Crippen molar-refractivity contribution < 1.29 is 14.3 Å². The van der Waals surface area contributed by atoms with Crippen LogP contribution in [0.3, 0.4) is 0 Å². The number of aromatic nitrogens is 1. The molecule has 0 aliphatic carbocycles. The Labute approximate surface area is 134 Å². The zero-order valence-electron chi connectivity index (χ0n) is 12.6. The highest BCUT2D eigenvalue weighted by Gasteiger charge is 2.17. The van der Waals surface area contributed by atoms with Gasteiger partial charge >= 0.3 is 5.97 Å². The second-order valence-electron chi connectivity index (χ2n) is 4.93. The topological polar surface area (TPSA) is 48.4 Å². The Morgan fingerprint density at radius 1 is 0.913 bits per heavy atom. The Kier molecular flexibility index (Phi) is 4.34. The van der Waals surface area contributed by atoms with Gasteiger partial charge in [-0.05, 0) is 42.8 Å². The van der Waals surface area contributed by atoms with Crippen molar-refractivity contribution in [2.75, 3.05) is 0 Å². The van der Waals surface area contributed by atoms with Gasteiger partial charge in [0.1, 0.15) is 17.1 Å². The molecule has 0 radical (unpaired) electrons. The molecule has 0 saturated carbocycles. The predicted octanol–water partition coefficient (Wildman–Crippen LogP) is 4.40. The molecule has 0 aliphatic heterocycles. The molecule has 0 spiro atoms. The van der Waals surface area contributed by atoms with Crippen molar-refractivity contribution in [3.05, 3.63) is 84.1 Å². The number of nitrogens with zero attached hydrogens (tertiary/aromatic N) is 1. The molecule has 0 amide bonds. The normalized spacial score (nSPS) is 10.1. The molecule has 3 rings (SSSR count). The number of esters is 1. The molecule has 0 saturated heterocycles. The molecule has 0 fully saturated rings. The third kappa shape index (κ3) is 3.55. The van der Waals surface area contributed by atoms with Crippen LogP contribution in [-0.2, 0) is 0 Å². The monoisotopic (exact) mass is 305 g/mol. The average molecular weight is 305 g/mol. The van der Waals surface area contributed by atoms with Crippen LogP contribution in [-0.4, -0.2) is 11.0 Å². The molecule has 4 nitrogen and oxygen atoms in total. The minimum absolute atomic E-state index is 0.220. The number of ether oxygens (including phenoxy) is 2. The van der Waals surface area contributed by atoms with Gasteiger partial charge in [-0.3, -0.25) is 0 Å². The van der Waals surface area contributed by atoms with E-state index in [1.807, 2.05) is 43.3 Å². The molecule has 0 N–H and O–H groups in total. The van der Waals surface area contributed by atoms with E-state index in [0.717, 1.165) is 5.56 Å². The second kappa shape index (κ2) is 6.75. The lowest BCUT2D eigenvalue weighted by Gasteiger charge is -2.10. The van der Waals surface area contributed by atoms with Gasteiger partial charge < -0.3 is 9.47 Å². The first-order chi connectivity index (χ1) is 11.2. The highest BCUT2D eigenvalue weighted by atomic mass is 16.5. The summed E-state index contributed by atoms with van der Waals surface area (Å²) < 4.78 is 11.1. The zero-order valence-corrected chi connectivity index (χ0v) is 12.6. The van der Waals surface area contributed by atoms with Crippen molar-refractivity contribution in [3.63, 3.8) is 0 Å². The number of aryl methyl sites for hydroxylation is 1. The molecule has 0 unspecified atom stereocenters. The van der Waals surface area contributed by atoms with Crippen molar-refractivity contribution in [2.24, 2.45) is 0 Å². The summed E-state index contributed by atoms with van der Waals surface area (Å²) in [6.07, 6.45) is 1.57. The number of hydrogen-bond donors (Lipinski definition) is 0. The Bertz CT molecular complexity index is 816. The lowest BCUT2D eigenvalue weighted by molar-refractivity contribution is 0.0730. The number of rotatable bonds is 4. The Morgan fingerprint density at radius 3 is 2.43 bits per heavy atom. The fraction of sp³-hybridized carbons (Fsp3) is 0.0526. The van der Waals surface area contributed by atoms with Gasteiger partial charge in [-0.2, -0.15) is 0 Å². The van der Waals surface area contributed by atoms with Crippen molar-refractivity contribution >= 4 is 5.97 Å². The predicted molar refractivity (Wildman–Crippen MR) is 86.9 cm³/mol. The fourth-order valence-electron chi connectivity index (χ4n) is 2.05. The second-order valence-corrected chi connectivity index (χ2v) is 4.93. The summed E-state index contributed by atoms with van der Waals surface area (Å²) in [4.78, 5) is 16.6. The number of benzene rings is 2. The maximum Gasteiger partial charge on any atom is 0.349 e. The first-order valence-corrected chi connectivity index (χ1v) is 7.20. The maximum atomic E-state index is 12.4. The molecule has 4 heteroatoms. The van der Waals surface area contributed by atoms with E-state index < -0.39 is 5.97 Å². The highest BCUT2D eigenvalue weighted by Crippen LogP contribution is 2.25. The Balaban J connectivity index is 1.85. The van der Waals surface area contributed by atoms with Gasteiger partial charge in [-0.15, -0.1) is 0 Å². The van der Waals surface area contributed by atoms with Crippen LogP contribution in [0, 0.1) is 6.92 Å². The summed E-state index contributed by atoms with van der Waals surface area (Å²) in [6, 6.07) is 19.8. The number of hydrogen-bond acceptors (Lipinski definition) is 4. The van der Waals surface area contributed by atoms with Gasteiger partial charge in [0.15, 0.2) is 0 Å². The van der Waals surface area contributed by atoms with Crippen molar-refractivity contribution in [3.8, 4) is 17.4 Å². The zero-order chi connectivity index (χ0) is 16.1. The Morgan fingerprint density at radius 2 is 1.65 bits per heavy atom. The molecule has 3 aromatic rings. The molecule has 0 bridgehead atoms. The number of carbonyl (C=O) groups is 1. The number of para-hydroxylation sites is 2. The minimum atomic E-state index is -0.502. The molecule has 0 aliphatic rings. The van der Waals surface area contributed by atoms with Crippen LogP contribution in [0.25, 0.3) is 0 Å². The van der Waals surface area contributed by atoms with E-state index >= 15 is 0 Å². The van der Waals surface area contributed by atoms with E-state index in [0.29, 0.717) is 11.5 Å². The lowest BCUT2D eigenvalue weighted by Crippen LogP contribution is -2.11. The summed E-state index contributed by atoms with van der Waals surface area (Å²) in [6.45, 7) is 1.88. The Hall–Kier alpha value is -3.14. The summed E-state index contributed by atoms with van der Waals surface area (Å²) in [5.74, 6) is 0.846. The van der Waals surface area contributed by atoms with Gasteiger partial charge in [0.2, 0.25) is 5.88 Å². The van der Waals surface area contributed by atoms with Crippen LogP contribution in [0.15, 0.2) is 72.9 Å². The van der Waals surface area contributed by atoms with E-state index in [4.69, 9.17) is 9.47 Å². The van der Waals surface area contributed by atoms with Gasteiger partial charge in [-0.25, -0.2) is 9.78 Å². The van der Waals surface area contributed by atoms with Crippen molar-refractivity contribution in [1.82, 2.24) is 4.98 Å². The first kappa shape index (κ1) is 14.8. The molecule has 23 heavy (non-hydrogen) atoms. The van der Waals surface area contributed by atoms with Gasteiger partial charge in [0, 0.05) is 6.20 Å². The molecular formula is C19H15NO3. The van der Waals surface area contributed by atoms with Crippen LogP contribution >= 0.6 is 0 Å². The van der Waals surface area contributed by atoms with Gasteiger partial charge in [-0.1, -0.05) is 36.4 Å². The van der Waals surface area contributed by atoms with Crippen LogP contribution in [0.2, 0.25) is 0 Å². The summed E-state index contributed by atoms with van der Waals surface area (Å²) >= 11 is 0. The SMILES string of the molecule is Cc1ccccc1OC(=O)c1cccnc1Oc1ccccc1. The summed E-state index contributed by atoms with van der Waals surface area (Å²) in [5.41, 5.74) is 1.16. The van der Waals surface area contributed by atoms with Crippen LogP contribution in [0.1, 0.15) is 15.9 Å². The maximum absolute atomic E-state index is 12.4. The molecular weight excluding hydrogens is 290 g/mol.